The summed E-state index contributed by atoms with van der Waals surface area (Å²) in [7, 11) is 2.31. The average Bonchev–Trinajstić information content (AvgIpc) is 2.52. The third-order valence-corrected chi connectivity index (χ3v) is 9.40. The molecule has 0 aromatic rings. The van der Waals surface area contributed by atoms with Gasteiger partial charge in [0, 0.05) is 47.7 Å². The minimum absolute atomic E-state index is 0.0759. The summed E-state index contributed by atoms with van der Waals surface area (Å²) < 4.78 is 32.0. The molecule has 0 amide bonds. The fourth-order valence-electron chi connectivity index (χ4n) is 1.62. The van der Waals surface area contributed by atoms with Crippen molar-refractivity contribution in [2.45, 2.75) is 12.1 Å². The fraction of sp³-hybridized carbons (Fsp3) is 0.727. The maximum Gasteiger partial charge on any atom is 0.500 e. The van der Waals surface area contributed by atoms with Crippen molar-refractivity contribution in [1.29, 1.82) is 0 Å². The van der Waals surface area contributed by atoms with E-state index in [1.165, 1.54) is 14.2 Å². The second-order valence-electron chi connectivity index (χ2n) is 3.93. The fourth-order valence-corrected chi connectivity index (χ4v) is 6.80. The van der Waals surface area contributed by atoms with E-state index in [9.17, 15) is 4.79 Å². The van der Waals surface area contributed by atoms with Gasteiger partial charge in [-0.15, -0.1) is 0 Å². The van der Waals surface area contributed by atoms with Gasteiger partial charge in [-0.2, -0.15) is 0 Å². The monoisotopic (exact) mass is 324 g/mol. The Kier molecular flexibility index (Phi) is 9.13. The molecule has 0 saturated heterocycles. The molecular formula is C11H24O7Si2. The quantitative estimate of drug-likeness (QED) is 0.317. The zero-order chi connectivity index (χ0) is 15.6. The summed E-state index contributed by atoms with van der Waals surface area (Å²) in [4.78, 5) is 11.2. The largest absolute Gasteiger partial charge is 0.500 e. The van der Waals surface area contributed by atoms with Crippen molar-refractivity contribution in [1.82, 2.24) is 0 Å². The lowest BCUT2D eigenvalue weighted by molar-refractivity contribution is -0.136. The lowest BCUT2D eigenvalue weighted by Crippen LogP contribution is -2.50. The number of carbonyl (C=O) groups is 1. The van der Waals surface area contributed by atoms with Gasteiger partial charge < -0.3 is 26.9 Å². The summed E-state index contributed by atoms with van der Waals surface area (Å²) in [6.07, 6.45) is 1.18. The molecule has 0 aromatic carbocycles. The lowest BCUT2D eigenvalue weighted by Gasteiger charge is -2.30. The first-order valence-electron chi connectivity index (χ1n) is 6.02. The second kappa shape index (κ2) is 9.39. The van der Waals surface area contributed by atoms with Crippen LogP contribution in [-0.4, -0.2) is 65.1 Å². The minimum atomic E-state index is -2.71. The number of esters is 1. The van der Waals surface area contributed by atoms with Crippen LogP contribution >= 0.6 is 0 Å². The predicted octanol–water partition coefficient (Wildman–Crippen LogP) is 0.868. The standard InChI is InChI=1S/C11H24O7Si2/c1-7-11(12)18-10-19(13-2,14-3)8-9-20(15-4,16-5)17-6/h7H,1,8-10H2,2-6H3. The molecule has 0 N–H and O–H groups in total. The molecule has 0 aliphatic heterocycles. The zero-order valence-corrected chi connectivity index (χ0v) is 14.8. The summed E-state index contributed by atoms with van der Waals surface area (Å²) in [5.41, 5.74) is 0. The SMILES string of the molecule is C=CC(=O)OC[Si](CC[Si](OC)(OC)OC)(OC)OC. The van der Waals surface area contributed by atoms with Gasteiger partial charge in [0.15, 0.2) is 0 Å². The summed E-state index contributed by atoms with van der Waals surface area (Å²) in [5.74, 6) is -0.510. The van der Waals surface area contributed by atoms with Gasteiger partial charge in [-0.3, -0.25) is 0 Å². The van der Waals surface area contributed by atoms with Crippen molar-refractivity contribution >= 4 is 23.3 Å². The Labute approximate surface area is 122 Å². The van der Waals surface area contributed by atoms with Gasteiger partial charge >= 0.3 is 23.3 Å². The number of rotatable bonds is 11. The lowest BCUT2D eigenvalue weighted by atomic mass is 10.7. The first kappa shape index (κ1) is 19.4. The van der Waals surface area contributed by atoms with E-state index in [4.69, 9.17) is 26.9 Å². The Morgan fingerprint density at radius 2 is 1.45 bits per heavy atom. The van der Waals surface area contributed by atoms with Crippen LogP contribution < -0.4 is 0 Å². The molecule has 118 valence electrons. The highest BCUT2D eigenvalue weighted by Crippen LogP contribution is 2.23. The Bertz CT molecular complexity index is 295. The minimum Gasteiger partial charge on any atom is -0.461 e. The van der Waals surface area contributed by atoms with Crippen molar-refractivity contribution in [2.75, 3.05) is 41.8 Å². The molecular weight excluding hydrogens is 300 g/mol. The van der Waals surface area contributed by atoms with Gasteiger partial charge in [-0.25, -0.2) is 4.79 Å². The molecule has 9 heteroatoms. The highest BCUT2D eigenvalue weighted by atomic mass is 28.4. The number of hydrogen-bond donors (Lipinski definition) is 0. The van der Waals surface area contributed by atoms with Crippen molar-refractivity contribution in [2.24, 2.45) is 0 Å². The van der Waals surface area contributed by atoms with Crippen molar-refractivity contribution < 1.29 is 31.7 Å². The van der Waals surface area contributed by atoms with Gasteiger partial charge in [0.05, 0.1) is 0 Å². The first-order chi connectivity index (χ1) is 9.46. The predicted molar refractivity (Wildman–Crippen MR) is 77.3 cm³/mol. The van der Waals surface area contributed by atoms with E-state index in [0.29, 0.717) is 12.1 Å². The smallest absolute Gasteiger partial charge is 0.461 e. The van der Waals surface area contributed by atoms with Gasteiger partial charge in [0.2, 0.25) is 0 Å². The normalized spacial score (nSPS) is 12.2. The van der Waals surface area contributed by atoms with Crippen LogP contribution in [0.4, 0.5) is 0 Å². The molecule has 0 rings (SSSR count). The van der Waals surface area contributed by atoms with Crippen molar-refractivity contribution in [3.05, 3.63) is 12.7 Å². The van der Waals surface area contributed by atoms with E-state index in [2.05, 4.69) is 6.58 Å². The molecule has 0 unspecified atom stereocenters. The molecule has 0 aromatic heterocycles. The summed E-state index contributed by atoms with van der Waals surface area (Å²) in [6.45, 7) is 3.34. The molecule has 0 heterocycles. The molecule has 0 aliphatic rings. The Balaban J connectivity index is 4.74. The van der Waals surface area contributed by atoms with E-state index in [-0.39, 0.29) is 6.23 Å². The maximum atomic E-state index is 11.2. The van der Waals surface area contributed by atoms with Gasteiger partial charge in [0.25, 0.3) is 0 Å². The summed E-state index contributed by atoms with van der Waals surface area (Å²) >= 11 is 0. The molecule has 0 fully saturated rings. The van der Waals surface area contributed by atoms with E-state index in [1.54, 1.807) is 21.3 Å². The third kappa shape index (κ3) is 5.44. The van der Waals surface area contributed by atoms with Crippen LogP contribution in [0.2, 0.25) is 12.1 Å². The summed E-state index contributed by atoms with van der Waals surface area (Å²) in [6, 6.07) is 1.03. The maximum absolute atomic E-state index is 11.2. The van der Waals surface area contributed by atoms with E-state index in [1.807, 2.05) is 0 Å². The van der Waals surface area contributed by atoms with Crippen LogP contribution in [0, 0.1) is 0 Å². The highest BCUT2D eigenvalue weighted by molar-refractivity contribution is 6.70. The molecule has 0 saturated carbocycles. The van der Waals surface area contributed by atoms with E-state index in [0.717, 1.165) is 6.08 Å². The molecule has 0 atom stereocenters. The first-order valence-corrected chi connectivity index (χ1v) is 10.2. The molecule has 7 nitrogen and oxygen atoms in total. The third-order valence-electron chi connectivity index (χ3n) is 3.09. The van der Waals surface area contributed by atoms with E-state index >= 15 is 0 Å². The number of hydrogen-bond acceptors (Lipinski definition) is 7. The number of carbonyl (C=O) groups excluding carboxylic acids is 1. The van der Waals surface area contributed by atoms with Crippen molar-refractivity contribution in [3.63, 3.8) is 0 Å². The van der Waals surface area contributed by atoms with Gasteiger partial charge in [-0.05, 0) is 6.04 Å². The summed E-state index contributed by atoms with van der Waals surface area (Å²) in [5, 5.41) is 0. The second-order valence-corrected chi connectivity index (χ2v) is 10.4. The van der Waals surface area contributed by atoms with Crippen LogP contribution in [0.25, 0.3) is 0 Å². The Morgan fingerprint density at radius 1 is 0.950 bits per heavy atom. The average molecular weight is 324 g/mol. The van der Waals surface area contributed by atoms with Gasteiger partial charge in [0.1, 0.15) is 6.23 Å². The van der Waals surface area contributed by atoms with Gasteiger partial charge in [-0.1, -0.05) is 6.58 Å². The van der Waals surface area contributed by atoms with E-state index < -0.39 is 23.3 Å². The zero-order valence-electron chi connectivity index (χ0n) is 12.8. The molecule has 0 bridgehead atoms. The molecule has 0 aliphatic carbocycles. The molecule has 0 spiro atoms. The van der Waals surface area contributed by atoms with Crippen LogP contribution in [0.5, 0.6) is 0 Å². The number of ether oxygens (including phenoxy) is 1. The molecule has 20 heavy (non-hydrogen) atoms. The van der Waals surface area contributed by atoms with Crippen LogP contribution in [0.15, 0.2) is 12.7 Å². The van der Waals surface area contributed by atoms with Crippen LogP contribution in [-0.2, 0) is 31.7 Å². The van der Waals surface area contributed by atoms with Crippen LogP contribution in [0.3, 0.4) is 0 Å². The highest BCUT2D eigenvalue weighted by Gasteiger charge is 2.45. The van der Waals surface area contributed by atoms with Crippen molar-refractivity contribution in [3.8, 4) is 0 Å². The Hall–Kier alpha value is -0.556. The topological polar surface area (TPSA) is 72.5 Å². The molecule has 0 radical (unpaired) electrons. The Morgan fingerprint density at radius 3 is 1.80 bits per heavy atom. The van der Waals surface area contributed by atoms with Crippen LogP contribution in [0.1, 0.15) is 0 Å².